The number of piperidine rings is 1. The molecule has 28 heavy (non-hydrogen) atoms. The highest BCUT2D eigenvalue weighted by molar-refractivity contribution is 5.92. The topological polar surface area (TPSA) is 105 Å². The van der Waals surface area contributed by atoms with Gasteiger partial charge in [0.25, 0.3) is 0 Å². The van der Waals surface area contributed by atoms with Crippen LogP contribution in [0.3, 0.4) is 0 Å². The van der Waals surface area contributed by atoms with E-state index in [0.29, 0.717) is 18.8 Å². The van der Waals surface area contributed by atoms with Crippen LogP contribution in [0.2, 0.25) is 0 Å². The third-order valence-electron chi connectivity index (χ3n) is 4.66. The fourth-order valence-electron chi connectivity index (χ4n) is 3.12. The standard InChI is InChI=1S/C20H24N4O4/c25-19(26)2-1-13-28-17-5-3-16(4-6-17)23-20(27)15-7-11-24(12-8-15)18-14-21-9-10-22-18/h3-6,9-10,14-15H,1-2,7-8,11-13H2,(H,23,27)(H,25,26). The third-order valence-corrected chi connectivity index (χ3v) is 4.66. The average Bonchev–Trinajstić information content (AvgIpc) is 2.73. The Morgan fingerprint density at radius 2 is 1.93 bits per heavy atom. The highest BCUT2D eigenvalue weighted by atomic mass is 16.5. The Kier molecular flexibility index (Phi) is 6.78. The minimum Gasteiger partial charge on any atom is -0.494 e. The lowest BCUT2D eigenvalue weighted by atomic mass is 9.96. The van der Waals surface area contributed by atoms with Gasteiger partial charge in [0, 0.05) is 43.5 Å². The summed E-state index contributed by atoms with van der Waals surface area (Å²) in [5, 5.41) is 11.6. The second kappa shape index (κ2) is 9.68. The summed E-state index contributed by atoms with van der Waals surface area (Å²) in [6.07, 6.45) is 7.15. The first-order chi connectivity index (χ1) is 13.6. The number of rotatable bonds is 8. The van der Waals surface area contributed by atoms with Crippen LogP contribution < -0.4 is 15.0 Å². The molecule has 2 aromatic rings. The lowest BCUT2D eigenvalue weighted by molar-refractivity contribution is -0.137. The zero-order valence-corrected chi connectivity index (χ0v) is 15.6. The molecule has 1 aliphatic heterocycles. The van der Waals surface area contributed by atoms with Gasteiger partial charge in [0.05, 0.1) is 12.8 Å². The second-order valence-corrected chi connectivity index (χ2v) is 6.68. The number of hydrogen-bond acceptors (Lipinski definition) is 6. The first-order valence-corrected chi connectivity index (χ1v) is 9.38. The molecule has 2 N–H and O–H groups in total. The van der Waals surface area contributed by atoms with E-state index in [0.717, 1.165) is 37.4 Å². The molecule has 0 spiro atoms. The predicted octanol–water partition coefficient (Wildman–Crippen LogP) is 2.58. The zero-order chi connectivity index (χ0) is 19.8. The second-order valence-electron chi connectivity index (χ2n) is 6.68. The number of aromatic nitrogens is 2. The zero-order valence-electron chi connectivity index (χ0n) is 15.6. The molecule has 8 nitrogen and oxygen atoms in total. The first-order valence-electron chi connectivity index (χ1n) is 9.38. The van der Waals surface area contributed by atoms with Gasteiger partial charge < -0.3 is 20.1 Å². The lowest BCUT2D eigenvalue weighted by Gasteiger charge is -2.31. The van der Waals surface area contributed by atoms with Gasteiger partial charge >= 0.3 is 5.97 Å². The number of amides is 1. The molecule has 0 radical (unpaired) electrons. The van der Waals surface area contributed by atoms with Gasteiger partial charge in [-0.3, -0.25) is 14.6 Å². The van der Waals surface area contributed by atoms with Crippen molar-refractivity contribution in [1.29, 1.82) is 0 Å². The van der Waals surface area contributed by atoms with Crippen LogP contribution in [0, 0.1) is 5.92 Å². The van der Waals surface area contributed by atoms with Crippen molar-refractivity contribution in [3.8, 4) is 5.75 Å². The van der Waals surface area contributed by atoms with E-state index < -0.39 is 5.97 Å². The van der Waals surface area contributed by atoms with E-state index in [2.05, 4.69) is 20.2 Å². The number of nitrogens with zero attached hydrogens (tertiary/aromatic N) is 3. The number of carbonyl (C=O) groups is 2. The fourth-order valence-corrected chi connectivity index (χ4v) is 3.12. The molecule has 0 unspecified atom stereocenters. The summed E-state index contributed by atoms with van der Waals surface area (Å²) < 4.78 is 5.49. The Morgan fingerprint density at radius 1 is 1.18 bits per heavy atom. The summed E-state index contributed by atoms with van der Waals surface area (Å²) in [6, 6.07) is 7.12. The van der Waals surface area contributed by atoms with Crippen LogP contribution in [0.4, 0.5) is 11.5 Å². The summed E-state index contributed by atoms with van der Waals surface area (Å²) in [7, 11) is 0. The monoisotopic (exact) mass is 384 g/mol. The Labute approximate surface area is 163 Å². The quantitative estimate of drug-likeness (QED) is 0.674. The van der Waals surface area contributed by atoms with Crippen molar-refractivity contribution in [3.63, 3.8) is 0 Å². The van der Waals surface area contributed by atoms with Crippen LogP contribution in [0.5, 0.6) is 5.75 Å². The maximum atomic E-state index is 12.5. The molecule has 0 aliphatic carbocycles. The molecule has 1 aromatic carbocycles. The van der Waals surface area contributed by atoms with Crippen LogP contribution in [0.15, 0.2) is 42.9 Å². The minimum absolute atomic E-state index is 0.0222. The number of ether oxygens (including phenoxy) is 1. The Morgan fingerprint density at radius 3 is 2.57 bits per heavy atom. The summed E-state index contributed by atoms with van der Waals surface area (Å²) in [5.41, 5.74) is 0.722. The van der Waals surface area contributed by atoms with Gasteiger partial charge in [-0.05, 0) is 43.5 Å². The molecular formula is C20H24N4O4. The molecule has 3 rings (SSSR count). The highest BCUT2D eigenvalue weighted by Gasteiger charge is 2.25. The van der Waals surface area contributed by atoms with Crippen molar-refractivity contribution in [1.82, 2.24) is 9.97 Å². The molecule has 0 saturated carbocycles. The van der Waals surface area contributed by atoms with Crippen LogP contribution in [-0.2, 0) is 9.59 Å². The van der Waals surface area contributed by atoms with Gasteiger partial charge in [0.1, 0.15) is 11.6 Å². The molecular weight excluding hydrogens is 360 g/mol. The molecule has 1 fully saturated rings. The van der Waals surface area contributed by atoms with Gasteiger partial charge in [-0.2, -0.15) is 0 Å². The highest BCUT2D eigenvalue weighted by Crippen LogP contribution is 2.23. The average molecular weight is 384 g/mol. The molecule has 1 amide bonds. The molecule has 1 aliphatic rings. The molecule has 0 bridgehead atoms. The number of aliphatic carboxylic acids is 1. The Hall–Kier alpha value is -3.16. The molecule has 1 saturated heterocycles. The number of carbonyl (C=O) groups excluding carboxylic acids is 1. The number of carboxylic acids is 1. The Balaban J connectivity index is 1.43. The molecule has 0 atom stereocenters. The van der Waals surface area contributed by atoms with Crippen molar-refractivity contribution in [2.45, 2.75) is 25.7 Å². The van der Waals surface area contributed by atoms with Crippen LogP contribution in [-0.4, -0.2) is 46.6 Å². The van der Waals surface area contributed by atoms with Gasteiger partial charge in [-0.1, -0.05) is 0 Å². The summed E-state index contributed by atoms with van der Waals surface area (Å²) in [6.45, 7) is 1.90. The maximum absolute atomic E-state index is 12.5. The van der Waals surface area contributed by atoms with Gasteiger partial charge in [-0.15, -0.1) is 0 Å². The normalized spacial score (nSPS) is 14.5. The van der Waals surface area contributed by atoms with Crippen LogP contribution in [0.1, 0.15) is 25.7 Å². The third kappa shape index (κ3) is 5.67. The number of carboxylic acid groups (broad SMARTS) is 1. The smallest absolute Gasteiger partial charge is 0.303 e. The number of nitrogens with one attached hydrogen (secondary N) is 1. The maximum Gasteiger partial charge on any atom is 0.303 e. The van der Waals surface area contributed by atoms with Crippen molar-refractivity contribution in [3.05, 3.63) is 42.9 Å². The van der Waals surface area contributed by atoms with Crippen molar-refractivity contribution < 1.29 is 19.4 Å². The SMILES string of the molecule is O=C(O)CCCOc1ccc(NC(=O)C2CCN(c3cnccn3)CC2)cc1. The van der Waals surface area contributed by atoms with Crippen molar-refractivity contribution in [2.24, 2.45) is 5.92 Å². The largest absolute Gasteiger partial charge is 0.494 e. The number of hydrogen-bond donors (Lipinski definition) is 2. The predicted molar refractivity (Wildman–Crippen MR) is 104 cm³/mol. The molecule has 148 valence electrons. The minimum atomic E-state index is -0.829. The van der Waals surface area contributed by atoms with Gasteiger partial charge in [0.2, 0.25) is 5.91 Å². The van der Waals surface area contributed by atoms with Gasteiger partial charge in [0.15, 0.2) is 0 Å². The van der Waals surface area contributed by atoms with Crippen LogP contribution in [0.25, 0.3) is 0 Å². The fraction of sp³-hybridized carbons (Fsp3) is 0.400. The van der Waals surface area contributed by atoms with Gasteiger partial charge in [-0.25, -0.2) is 4.98 Å². The summed E-state index contributed by atoms with van der Waals surface area (Å²) >= 11 is 0. The molecule has 8 heteroatoms. The van der Waals surface area contributed by atoms with E-state index in [4.69, 9.17) is 9.84 Å². The van der Waals surface area contributed by atoms with E-state index in [1.165, 1.54) is 0 Å². The van der Waals surface area contributed by atoms with Crippen molar-refractivity contribution in [2.75, 3.05) is 29.9 Å². The van der Waals surface area contributed by atoms with Crippen LogP contribution >= 0.6 is 0 Å². The lowest BCUT2D eigenvalue weighted by Crippen LogP contribution is -2.38. The van der Waals surface area contributed by atoms with E-state index in [1.54, 1.807) is 42.9 Å². The number of anilines is 2. The number of benzene rings is 1. The van der Waals surface area contributed by atoms with Crippen molar-refractivity contribution >= 4 is 23.4 Å². The first kappa shape index (κ1) is 19.6. The molecule has 1 aromatic heterocycles. The van der Waals surface area contributed by atoms with E-state index >= 15 is 0 Å². The van der Waals surface area contributed by atoms with E-state index in [-0.39, 0.29) is 18.2 Å². The van der Waals surface area contributed by atoms with E-state index in [9.17, 15) is 9.59 Å². The summed E-state index contributed by atoms with van der Waals surface area (Å²) in [5.74, 6) is 0.666. The summed E-state index contributed by atoms with van der Waals surface area (Å²) in [4.78, 5) is 33.5. The molecule has 2 heterocycles. The van der Waals surface area contributed by atoms with E-state index in [1.807, 2.05) is 0 Å². The Bertz CT molecular complexity index is 775.